The minimum atomic E-state index is -0.704. The summed E-state index contributed by atoms with van der Waals surface area (Å²) in [6, 6.07) is 0. The quantitative estimate of drug-likeness (QED) is 0.638. The Morgan fingerprint density at radius 1 is 1.35 bits per heavy atom. The molecule has 0 unspecified atom stereocenters. The van der Waals surface area contributed by atoms with Crippen LogP contribution in [0.4, 0.5) is 4.79 Å². The van der Waals surface area contributed by atoms with Crippen molar-refractivity contribution < 1.29 is 23.8 Å². The van der Waals surface area contributed by atoms with Crippen molar-refractivity contribution in [1.82, 2.24) is 5.32 Å². The van der Waals surface area contributed by atoms with E-state index in [-0.39, 0.29) is 5.70 Å². The van der Waals surface area contributed by atoms with E-state index >= 15 is 0 Å². The minimum Gasteiger partial charge on any atom is -0.464 e. The van der Waals surface area contributed by atoms with Crippen molar-refractivity contribution in [3.63, 3.8) is 0 Å². The number of carbonyl (C=O) groups excluding carboxylic acids is 2. The van der Waals surface area contributed by atoms with Crippen molar-refractivity contribution in [3.8, 4) is 0 Å². The first kappa shape index (κ1) is 19.0. The highest BCUT2D eigenvalue weighted by atomic mass is 16.6. The first-order valence-electron chi connectivity index (χ1n) is 7.56. The van der Waals surface area contributed by atoms with Crippen LogP contribution in [-0.2, 0) is 19.0 Å². The van der Waals surface area contributed by atoms with Crippen LogP contribution in [0.25, 0.3) is 0 Å². The highest BCUT2D eigenvalue weighted by Crippen LogP contribution is 2.11. The minimum absolute atomic E-state index is 0.0258. The fourth-order valence-corrected chi connectivity index (χ4v) is 1.80. The van der Waals surface area contributed by atoms with Crippen LogP contribution < -0.4 is 5.32 Å². The van der Waals surface area contributed by atoms with Crippen LogP contribution in [0.1, 0.15) is 33.6 Å². The van der Waals surface area contributed by atoms with E-state index in [0.717, 1.165) is 18.4 Å². The predicted molar refractivity (Wildman–Crippen MR) is 86.7 cm³/mol. The lowest BCUT2D eigenvalue weighted by atomic mass is 10.1. The number of carbonyl (C=O) groups is 2. The highest BCUT2D eigenvalue weighted by molar-refractivity contribution is 5.92. The summed E-state index contributed by atoms with van der Waals surface area (Å²) in [6.07, 6.45) is 8.25. The first-order valence-corrected chi connectivity index (χ1v) is 7.56. The first-order chi connectivity index (χ1) is 10.8. The Bertz CT molecular complexity index is 512. The molecule has 0 spiro atoms. The molecule has 1 aliphatic heterocycles. The van der Waals surface area contributed by atoms with E-state index in [1.54, 1.807) is 26.8 Å². The van der Waals surface area contributed by atoms with Gasteiger partial charge in [-0.3, -0.25) is 5.32 Å². The molecule has 0 aromatic rings. The maximum absolute atomic E-state index is 11.9. The molecule has 0 atom stereocenters. The Labute approximate surface area is 137 Å². The molecular formula is C17H25NO5. The summed E-state index contributed by atoms with van der Waals surface area (Å²) in [7, 11) is 1.26. The maximum Gasteiger partial charge on any atom is 0.412 e. The molecule has 0 radical (unpaired) electrons. The van der Waals surface area contributed by atoms with E-state index in [1.807, 2.05) is 18.2 Å². The standard InChI is InChI=1S/C17H25NO5/c1-17(2,3)23-16(20)18-14(15(19)21-4)12-13-8-5-6-10-22-11-7-9-13/h7-9,12H,5-6,10-11H2,1-4H3,(H,18,20)/b9-7-,13-8+,14-12-. The van der Waals surface area contributed by atoms with Gasteiger partial charge in [-0.25, -0.2) is 9.59 Å². The number of esters is 1. The fraction of sp³-hybridized carbons (Fsp3) is 0.529. The van der Waals surface area contributed by atoms with Crippen LogP contribution in [0.5, 0.6) is 0 Å². The molecule has 128 valence electrons. The Morgan fingerprint density at radius 3 is 2.74 bits per heavy atom. The molecule has 0 saturated carbocycles. The number of nitrogens with one attached hydrogen (secondary N) is 1. The third kappa shape index (κ3) is 8.21. The zero-order valence-electron chi connectivity index (χ0n) is 14.2. The number of amides is 1. The second kappa shape index (κ2) is 9.15. The summed E-state index contributed by atoms with van der Waals surface area (Å²) in [5, 5.41) is 2.44. The zero-order valence-corrected chi connectivity index (χ0v) is 14.2. The van der Waals surface area contributed by atoms with Crippen molar-refractivity contribution in [2.45, 2.75) is 39.2 Å². The molecule has 6 heteroatoms. The lowest BCUT2D eigenvalue weighted by Crippen LogP contribution is -2.34. The predicted octanol–water partition coefficient (Wildman–Crippen LogP) is 2.86. The van der Waals surface area contributed by atoms with E-state index in [2.05, 4.69) is 5.32 Å². The van der Waals surface area contributed by atoms with Gasteiger partial charge in [-0.1, -0.05) is 18.2 Å². The number of hydrogen-bond acceptors (Lipinski definition) is 5. The van der Waals surface area contributed by atoms with Crippen LogP contribution >= 0.6 is 0 Å². The summed E-state index contributed by atoms with van der Waals surface area (Å²) in [4.78, 5) is 23.7. The summed E-state index contributed by atoms with van der Waals surface area (Å²) < 4.78 is 15.2. The van der Waals surface area contributed by atoms with Crippen LogP contribution in [0.2, 0.25) is 0 Å². The third-order valence-corrected chi connectivity index (χ3v) is 2.75. The Morgan fingerprint density at radius 2 is 2.09 bits per heavy atom. The number of rotatable bonds is 3. The molecule has 6 nitrogen and oxygen atoms in total. The topological polar surface area (TPSA) is 73.9 Å². The Balaban J connectivity index is 2.93. The lowest BCUT2D eigenvalue weighted by molar-refractivity contribution is -0.136. The van der Waals surface area contributed by atoms with E-state index in [0.29, 0.717) is 13.2 Å². The molecule has 23 heavy (non-hydrogen) atoms. The molecule has 0 aromatic heterocycles. The van der Waals surface area contributed by atoms with Gasteiger partial charge in [-0.2, -0.15) is 0 Å². The number of methoxy groups -OCH3 is 1. The number of allylic oxidation sites excluding steroid dienone is 4. The van der Waals surface area contributed by atoms with Crippen LogP contribution in [0.3, 0.4) is 0 Å². The average Bonchev–Trinajstić information content (AvgIpc) is 2.57. The molecule has 1 amide bonds. The third-order valence-electron chi connectivity index (χ3n) is 2.75. The van der Waals surface area contributed by atoms with Gasteiger partial charge in [0.2, 0.25) is 0 Å². The molecule has 0 aromatic carbocycles. The summed E-state index contributed by atoms with van der Waals surface area (Å²) in [6.45, 7) is 6.45. The molecule has 0 bridgehead atoms. The van der Waals surface area contributed by atoms with Crippen molar-refractivity contribution in [1.29, 1.82) is 0 Å². The van der Waals surface area contributed by atoms with Crippen LogP contribution in [-0.4, -0.2) is 38.0 Å². The molecule has 1 aliphatic rings. The van der Waals surface area contributed by atoms with Crippen molar-refractivity contribution in [2.75, 3.05) is 20.3 Å². The molecule has 0 saturated heterocycles. The average molecular weight is 323 g/mol. The Hall–Kier alpha value is -2.08. The van der Waals surface area contributed by atoms with Crippen molar-refractivity contribution in [2.24, 2.45) is 0 Å². The largest absolute Gasteiger partial charge is 0.464 e. The normalized spacial score (nSPS) is 20.2. The van der Waals surface area contributed by atoms with Gasteiger partial charge < -0.3 is 14.2 Å². The van der Waals surface area contributed by atoms with Crippen LogP contribution in [0, 0.1) is 0 Å². The smallest absolute Gasteiger partial charge is 0.412 e. The lowest BCUT2D eigenvalue weighted by Gasteiger charge is -2.20. The highest BCUT2D eigenvalue weighted by Gasteiger charge is 2.20. The van der Waals surface area contributed by atoms with Gasteiger partial charge in [0.05, 0.1) is 13.7 Å². The molecule has 0 aliphatic carbocycles. The maximum atomic E-state index is 11.9. The van der Waals surface area contributed by atoms with E-state index < -0.39 is 17.7 Å². The van der Waals surface area contributed by atoms with E-state index in [1.165, 1.54) is 7.11 Å². The van der Waals surface area contributed by atoms with E-state index in [4.69, 9.17) is 14.2 Å². The van der Waals surface area contributed by atoms with Gasteiger partial charge in [0.1, 0.15) is 11.3 Å². The fourth-order valence-electron chi connectivity index (χ4n) is 1.80. The number of alkyl carbamates (subject to hydrolysis) is 1. The summed E-state index contributed by atoms with van der Waals surface area (Å²) >= 11 is 0. The van der Waals surface area contributed by atoms with E-state index in [9.17, 15) is 9.59 Å². The van der Waals surface area contributed by atoms with Gasteiger partial charge in [0.15, 0.2) is 0 Å². The molecule has 0 fully saturated rings. The van der Waals surface area contributed by atoms with Gasteiger partial charge in [0, 0.05) is 6.61 Å². The summed E-state index contributed by atoms with van der Waals surface area (Å²) in [5.41, 5.74) is 0.171. The van der Waals surface area contributed by atoms with Gasteiger partial charge in [-0.15, -0.1) is 0 Å². The molecule has 1 N–H and O–H groups in total. The van der Waals surface area contributed by atoms with Gasteiger partial charge in [0.25, 0.3) is 0 Å². The summed E-state index contributed by atoms with van der Waals surface area (Å²) in [5.74, 6) is -0.638. The Kier molecular flexibility index (Phi) is 7.54. The van der Waals surface area contributed by atoms with Crippen molar-refractivity contribution in [3.05, 3.63) is 35.6 Å². The zero-order chi connectivity index (χ0) is 17.3. The van der Waals surface area contributed by atoms with Crippen molar-refractivity contribution >= 4 is 12.1 Å². The number of hydrogen-bond donors (Lipinski definition) is 1. The van der Waals surface area contributed by atoms with Gasteiger partial charge in [-0.05, 0) is 45.3 Å². The van der Waals surface area contributed by atoms with Gasteiger partial charge >= 0.3 is 12.1 Å². The SMILES string of the molecule is COC(=O)/C(=C/C1=C/CCCOC/C=C\1)NC(=O)OC(C)(C)C. The monoisotopic (exact) mass is 323 g/mol. The molecule has 1 rings (SSSR count). The second-order valence-electron chi connectivity index (χ2n) is 6.00. The molecular weight excluding hydrogens is 298 g/mol. The molecule has 1 heterocycles. The second-order valence-corrected chi connectivity index (χ2v) is 6.00. The van der Waals surface area contributed by atoms with Crippen LogP contribution in [0.15, 0.2) is 35.6 Å². The number of ether oxygens (including phenoxy) is 3.